The lowest BCUT2D eigenvalue weighted by molar-refractivity contribution is -0.549. The molecule has 1 heterocycles. The minimum atomic E-state index is -0.205. The van der Waals surface area contributed by atoms with Crippen molar-refractivity contribution < 1.29 is 19.9 Å². The van der Waals surface area contributed by atoms with Crippen molar-refractivity contribution in [2.24, 2.45) is 0 Å². The monoisotopic (exact) mass is 120 g/mol. The van der Waals surface area contributed by atoms with Gasteiger partial charge in [0.15, 0.2) is 0 Å². The van der Waals surface area contributed by atoms with Crippen LogP contribution in [0.25, 0.3) is 0 Å². The van der Waals surface area contributed by atoms with E-state index in [0.29, 0.717) is 13.0 Å². The highest BCUT2D eigenvalue weighted by molar-refractivity contribution is 4.52. The molecule has 1 aliphatic rings. The van der Waals surface area contributed by atoms with Crippen LogP contribution in [0.5, 0.6) is 0 Å². The van der Waals surface area contributed by atoms with Gasteiger partial charge in [0.1, 0.15) is 6.10 Å². The summed E-state index contributed by atoms with van der Waals surface area (Å²) in [6.07, 6.45) is 0.486. The Hall–Kier alpha value is -0.160. The molecule has 0 spiro atoms. The molecule has 1 atom stereocenters. The molecule has 1 N–H and O–H groups in total. The summed E-state index contributed by atoms with van der Waals surface area (Å²) in [6.45, 7) is 0.481. The second-order valence-corrected chi connectivity index (χ2v) is 1.58. The van der Waals surface area contributed by atoms with E-state index in [0.717, 1.165) is 0 Å². The SMILES string of the molecule is OCC1CCOOO1. The number of hydrogen-bond acceptors (Lipinski definition) is 4. The Morgan fingerprint density at radius 3 is 2.88 bits per heavy atom. The lowest BCUT2D eigenvalue weighted by Gasteiger charge is -2.16. The molecule has 4 heteroatoms. The summed E-state index contributed by atoms with van der Waals surface area (Å²) in [5.41, 5.74) is 0. The second kappa shape index (κ2) is 2.99. The number of hydrogen-bond donors (Lipinski definition) is 1. The molecule has 0 amide bonds. The van der Waals surface area contributed by atoms with E-state index in [1.807, 2.05) is 0 Å². The van der Waals surface area contributed by atoms with Crippen LogP contribution in [0.4, 0.5) is 0 Å². The summed E-state index contributed by atoms with van der Waals surface area (Å²) in [4.78, 5) is 8.82. The van der Waals surface area contributed by atoms with Crippen molar-refractivity contribution >= 4 is 0 Å². The first-order valence-corrected chi connectivity index (χ1v) is 2.49. The minimum absolute atomic E-state index is 0.0106. The van der Waals surface area contributed by atoms with Gasteiger partial charge < -0.3 is 5.11 Å². The Balaban J connectivity index is 2.13. The summed E-state index contributed by atoms with van der Waals surface area (Å²) in [5, 5.41) is 12.5. The van der Waals surface area contributed by atoms with E-state index in [1.165, 1.54) is 0 Å². The van der Waals surface area contributed by atoms with Gasteiger partial charge in [-0.15, -0.1) is 0 Å². The lowest BCUT2D eigenvalue weighted by atomic mass is 10.3. The first-order chi connectivity index (χ1) is 3.93. The summed E-state index contributed by atoms with van der Waals surface area (Å²) < 4.78 is 0. The zero-order valence-electron chi connectivity index (χ0n) is 4.37. The predicted molar refractivity (Wildman–Crippen MR) is 23.6 cm³/mol. The Kier molecular flexibility index (Phi) is 2.23. The molecule has 0 aromatic heterocycles. The lowest BCUT2D eigenvalue weighted by Crippen LogP contribution is -2.25. The van der Waals surface area contributed by atoms with E-state index in [1.54, 1.807) is 0 Å². The Labute approximate surface area is 46.8 Å². The first kappa shape index (κ1) is 5.97. The fourth-order valence-electron chi connectivity index (χ4n) is 0.467. The van der Waals surface area contributed by atoms with Gasteiger partial charge in [0.2, 0.25) is 0 Å². The quantitative estimate of drug-likeness (QED) is 0.479. The molecule has 0 aromatic rings. The predicted octanol–water partition coefficient (Wildman–Crippen LogP) is -0.369. The minimum Gasteiger partial charge on any atom is -0.394 e. The van der Waals surface area contributed by atoms with Gasteiger partial charge in [-0.25, -0.2) is 9.78 Å². The average molecular weight is 120 g/mol. The summed E-state index contributed by atoms with van der Waals surface area (Å²) in [5.74, 6) is 0. The van der Waals surface area contributed by atoms with E-state index in [2.05, 4.69) is 14.8 Å². The van der Waals surface area contributed by atoms with E-state index in [4.69, 9.17) is 5.11 Å². The van der Waals surface area contributed by atoms with Crippen LogP contribution in [0, 0.1) is 0 Å². The van der Waals surface area contributed by atoms with Gasteiger partial charge in [-0.1, -0.05) is 5.04 Å². The fraction of sp³-hybridized carbons (Fsp3) is 1.00. The van der Waals surface area contributed by atoms with Gasteiger partial charge in [-0.05, 0) is 0 Å². The molecular weight excluding hydrogens is 112 g/mol. The molecule has 1 rings (SSSR count). The zero-order chi connectivity index (χ0) is 5.82. The summed E-state index contributed by atoms with van der Waals surface area (Å²) >= 11 is 0. The molecule has 0 aromatic carbocycles. The topological polar surface area (TPSA) is 47.9 Å². The molecule has 0 bridgehead atoms. The molecule has 1 aliphatic heterocycles. The van der Waals surface area contributed by atoms with Crippen LogP contribution < -0.4 is 0 Å². The van der Waals surface area contributed by atoms with E-state index in [-0.39, 0.29) is 12.7 Å². The van der Waals surface area contributed by atoms with Crippen molar-refractivity contribution in [2.75, 3.05) is 13.2 Å². The molecular formula is C4H8O4. The van der Waals surface area contributed by atoms with Crippen LogP contribution in [-0.4, -0.2) is 24.4 Å². The maximum absolute atomic E-state index is 8.43. The van der Waals surface area contributed by atoms with Crippen LogP contribution in [0.2, 0.25) is 0 Å². The van der Waals surface area contributed by atoms with Crippen molar-refractivity contribution in [3.05, 3.63) is 0 Å². The standard InChI is InChI=1S/C4H8O4/c5-3-4-1-2-6-8-7-4/h4-5H,1-3H2. The summed E-state index contributed by atoms with van der Waals surface area (Å²) in [7, 11) is 0. The van der Waals surface area contributed by atoms with Gasteiger partial charge >= 0.3 is 0 Å². The third-order valence-electron chi connectivity index (χ3n) is 0.950. The number of aliphatic hydroxyl groups is 1. The fourth-order valence-corrected chi connectivity index (χ4v) is 0.467. The highest BCUT2D eigenvalue weighted by atomic mass is 17.5. The normalized spacial score (nSPS) is 30.4. The second-order valence-electron chi connectivity index (χ2n) is 1.58. The maximum atomic E-state index is 8.43. The summed E-state index contributed by atoms with van der Waals surface area (Å²) in [6, 6.07) is 0. The van der Waals surface area contributed by atoms with Crippen LogP contribution >= 0.6 is 0 Å². The van der Waals surface area contributed by atoms with Crippen LogP contribution in [0.15, 0.2) is 0 Å². The van der Waals surface area contributed by atoms with Gasteiger partial charge in [0, 0.05) is 6.42 Å². The largest absolute Gasteiger partial charge is 0.394 e. The van der Waals surface area contributed by atoms with Gasteiger partial charge in [-0.2, -0.15) is 0 Å². The molecule has 8 heavy (non-hydrogen) atoms. The van der Waals surface area contributed by atoms with Crippen LogP contribution in [0.3, 0.4) is 0 Å². The number of rotatable bonds is 1. The average Bonchev–Trinajstić information content (AvgIpc) is 1.90. The van der Waals surface area contributed by atoms with E-state index >= 15 is 0 Å². The van der Waals surface area contributed by atoms with Crippen molar-refractivity contribution in [2.45, 2.75) is 12.5 Å². The smallest absolute Gasteiger partial charge is 0.121 e. The molecule has 1 saturated heterocycles. The van der Waals surface area contributed by atoms with E-state index in [9.17, 15) is 0 Å². The van der Waals surface area contributed by atoms with Gasteiger partial charge in [0.25, 0.3) is 0 Å². The van der Waals surface area contributed by atoms with Crippen molar-refractivity contribution in [1.29, 1.82) is 0 Å². The van der Waals surface area contributed by atoms with Crippen molar-refractivity contribution in [1.82, 2.24) is 0 Å². The van der Waals surface area contributed by atoms with Crippen molar-refractivity contribution in [3.63, 3.8) is 0 Å². The maximum Gasteiger partial charge on any atom is 0.121 e. The first-order valence-electron chi connectivity index (χ1n) is 2.49. The highest BCUT2D eigenvalue weighted by Crippen LogP contribution is 2.04. The van der Waals surface area contributed by atoms with Crippen LogP contribution in [0.1, 0.15) is 6.42 Å². The third-order valence-corrected chi connectivity index (χ3v) is 0.950. The van der Waals surface area contributed by atoms with Crippen LogP contribution in [-0.2, 0) is 14.8 Å². The van der Waals surface area contributed by atoms with Gasteiger partial charge in [-0.3, -0.25) is 0 Å². The van der Waals surface area contributed by atoms with Crippen molar-refractivity contribution in [3.8, 4) is 0 Å². The molecule has 0 radical (unpaired) electrons. The van der Waals surface area contributed by atoms with Gasteiger partial charge in [0.05, 0.1) is 13.2 Å². The number of aliphatic hydroxyl groups excluding tert-OH is 1. The molecule has 1 fully saturated rings. The third kappa shape index (κ3) is 1.41. The molecule has 0 saturated carbocycles. The van der Waals surface area contributed by atoms with E-state index < -0.39 is 0 Å². The molecule has 48 valence electrons. The molecule has 0 aliphatic carbocycles. The molecule has 1 unspecified atom stereocenters. The molecule has 4 nitrogen and oxygen atoms in total. The Bertz CT molecular complexity index is 59.1. The Morgan fingerprint density at radius 2 is 2.50 bits per heavy atom. The zero-order valence-corrected chi connectivity index (χ0v) is 4.37. The highest BCUT2D eigenvalue weighted by Gasteiger charge is 2.13. The Morgan fingerprint density at radius 1 is 1.62 bits per heavy atom.